The highest BCUT2D eigenvalue weighted by atomic mass is 16.3. The Morgan fingerprint density at radius 2 is 1.29 bits per heavy atom. The monoisotopic (exact) mass is 489 g/mol. The van der Waals surface area contributed by atoms with Crippen LogP contribution in [-0.4, -0.2) is 14.7 Å². The topological polar surface area (TPSA) is 61.8 Å². The molecule has 38 heavy (non-hydrogen) atoms. The molecule has 0 fully saturated rings. The molecule has 0 aliphatic heterocycles. The first-order valence-corrected chi connectivity index (χ1v) is 12.3. The number of phenols is 1. The lowest BCUT2D eigenvalue weighted by Gasteiger charge is -2.10. The normalized spacial score (nSPS) is 11.4. The van der Waals surface area contributed by atoms with Gasteiger partial charge in [0.25, 0.3) is 0 Å². The summed E-state index contributed by atoms with van der Waals surface area (Å²) in [6.45, 7) is 0. The number of fused-ring (bicyclic) bond motifs is 1. The van der Waals surface area contributed by atoms with Gasteiger partial charge in [-0.2, -0.15) is 5.26 Å². The Morgan fingerprint density at radius 1 is 0.684 bits per heavy atom. The first-order chi connectivity index (χ1) is 18.7. The molecule has 180 valence electrons. The van der Waals surface area contributed by atoms with Crippen LogP contribution in [0.5, 0.6) is 5.75 Å². The average Bonchev–Trinajstić information content (AvgIpc) is 3.37. The number of allylic oxidation sites excluding steroid dienone is 1. The highest BCUT2D eigenvalue weighted by Gasteiger charge is 2.14. The second-order valence-corrected chi connectivity index (χ2v) is 9.01. The lowest BCUT2D eigenvalue weighted by molar-refractivity contribution is 0.475. The number of rotatable bonds is 5. The molecule has 0 amide bonds. The van der Waals surface area contributed by atoms with E-state index in [1.807, 2.05) is 66.7 Å². The van der Waals surface area contributed by atoms with Crippen molar-refractivity contribution in [1.29, 1.82) is 5.26 Å². The van der Waals surface area contributed by atoms with Gasteiger partial charge in [0.15, 0.2) is 0 Å². The summed E-state index contributed by atoms with van der Waals surface area (Å²) in [4.78, 5) is 4.95. The molecule has 1 N–H and O–H groups in total. The predicted molar refractivity (Wildman–Crippen MR) is 154 cm³/mol. The lowest BCUT2D eigenvalue weighted by atomic mass is 9.99. The summed E-state index contributed by atoms with van der Waals surface area (Å²) in [7, 11) is 0. The van der Waals surface area contributed by atoms with Gasteiger partial charge in [0.05, 0.1) is 22.7 Å². The summed E-state index contributed by atoms with van der Waals surface area (Å²) in [6, 6.07) is 44.0. The molecule has 0 atom stereocenters. The van der Waals surface area contributed by atoms with Crippen LogP contribution in [0.1, 0.15) is 11.1 Å². The van der Waals surface area contributed by atoms with Crippen molar-refractivity contribution in [2.75, 3.05) is 0 Å². The molecular weight excluding hydrogens is 466 g/mol. The second kappa shape index (κ2) is 9.93. The first-order valence-electron chi connectivity index (χ1n) is 12.3. The molecule has 0 bridgehead atoms. The zero-order chi connectivity index (χ0) is 25.9. The van der Waals surface area contributed by atoms with Gasteiger partial charge in [-0.05, 0) is 64.7 Å². The van der Waals surface area contributed by atoms with E-state index in [1.54, 1.807) is 24.3 Å². The van der Waals surface area contributed by atoms with Crippen molar-refractivity contribution in [3.8, 4) is 40.0 Å². The highest BCUT2D eigenvalue weighted by Crippen LogP contribution is 2.31. The molecule has 5 aromatic carbocycles. The van der Waals surface area contributed by atoms with Crippen LogP contribution in [-0.2, 0) is 0 Å². The molecule has 4 heteroatoms. The van der Waals surface area contributed by atoms with Crippen molar-refractivity contribution in [2.45, 2.75) is 0 Å². The first kappa shape index (κ1) is 23.0. The van der Waals surface area contributed by atoms with E-state index in [2.05, 4.69) is 53.1 Å². The van der Waals surface area contributed by atoms with Gasteiger partial charge in [-0.3, -0.25) is 4.57 Å². The van der Waals surface area contributed by atoms with Crippen molar-refractivity contribution < 1.29 is 5.11 Å². The quantitative estimate of drug-likeness (QED) is 0.196. The van der Waals surface area contributed by atoms with Gasteiger partial charge >= 0.3 is 0 Å². The number of nitriles is 1. The van der Waals surface area contributed by atoms with Crippen LogP contribution in [0.25, 0.3) is 50.9 Å². The number of benzene rings is 5. The number of hydrogen-bond donors (Lipinski definition) is 1. The highest BCUT2D eigenvalue weighted by molar-refractivity contribution is 5.90. The van der Waals surface area contributed by atoms with Gasteiger partial charge in [-0.1, -0.05) is 91.0 Å². The fourth-order valence-corrected chi connectivity index (χ4v) is 4.63. The molecule has 0 spiro atoms. The molecule has 0 saturated heterocycles. The fraction of sp³-hybridized carbons (Fsp3) is 0. The maximum atomic E-state index is 9.70. The molecule has 0 aliphatic rings. The van der Waals surface area contributed by atoms with Crippen LogP contribution < -0.4 is 0 Å². The minimum absolute atomic E-state index is 0.202. The van der Waals surface area contributed by atoms with Gasteiger partial charge in [0, 0.05) is 11.3 Å². The fourth-order valence-electron chi connectivity index (χ4n) is 4.63. The van der Waals surface area contributed by atoms with Crippen LogP contribution in [0.3, 0.4) is 0 Å². The Balaban J connectivity index is 1.31. The number of para-hydroxylation sites is 3. The molecule has 0 unspecified atom stereocenters. The Morgan fingerprint density at radius 3 is 1.97 bits per heavy atom. The summed E-state index contributed by atoms with van der Waals surface area (Å²) in [5.74, 6) is 1.10. The standard InChI is InChI=1S/C34H23N3O/c35-23-29(22-24-10-20-31(38)21-11-24)27-14-12-25(13-15-27)26-16-18-28(19-17-26)34-36-32-8-4-5-9-33(32)37(34)30-6-2-1-3-7-30/h1-22,38H/b29-22+. The van der Waals surface area contributed by atoms with E-state index in [-0.39, 0.29) is 5.75 Å². The Kier molecular flexibility index (Phi) is 6.01. The zero-order valence-electron chi connectivity index (χ0n) is 20.5. The maximum Gasteiger partial charge on any atom is 0.145 e. The van der Waals surface area contributed by atoms with Crippen LogP contribution >= 0.6 is 0 Å². The van der Waals surface area contributed by atoms with Crippen LogP contribution in [0.4, 0.5) is 0 Å². The SMILES string of the molecule is N#C/C(=C\c1ccc(O)cc1)c1ccc(-c2ccc(-c3nc4ccccc4n3-c3ccccc3)cc2)cc1. The van der Waals surface area contributed by atoms with Crippen molar-refractivity contribution in [3.05, 3.63) is 139 Å². The third kappa shape index (κ3) is 4.45. The minimum atomic E-state index is 0.202. The second-order valence-electron chi connectivity index (χ2n) is 9.01. The van der Waals surface area contributed by atoms with E-state index in [0.717, 1.165) is 50.4 Å². The van der Waals surface area contributed by atoms with E-state index >= 15 is 0 Å². The van der Waals surface area contributed by atoms with Crippen molar-refractivity contribution in [3.63, 3.8) is 0 Å². The Hall–Kier alpha value is -5.40. The predicted octanol–water partition coefficient (Wildman–Crippen LogP) is 8.13. The summed E-state index contributed by atoms with van der Waals surface area (Å²) >= 11 is 0. The largest absolute Gasteiger partial charge is 0.508 e. The summed E-state index contributed by atoms with van der Waals surface area (Å²) in [5, 5.41) is 19.2. The van der Waals surface area contributed by atoms with Gasteiger partial charge in [-0.25, -0.2) is 4.98 Å². The number of hydrogen-bond acceptors (Lipinski definition) is 3. The van der Waals surface area contributed by atoms with Crippen molar-refractivity contribution >= 4 is 22.7 Å². The molecule has 0 aliphatic carbocycles. The maximum absolute atomic E-state index is 9.70. The third-order valence-corrected chi connectivity index (χ3v) is 6.57. The van der Waals surface area contributed by atoms with Crippen molar-refractivity contribution in [1.82, 2.24) is 9.55 Å². The van der Waals surface area contributed by atoms with Gasteiger partial charge in [-0.15, -0.1) is 0 Å². The smallest absolute Gasteiger partial charge is 0.145 e. The Labute approximate surface area is 221 Å². The number of aromatic nitrogens is 2. The van der Waals surface area contributed by atoms with Crippen molar-refractivity contribution in [2.24, 2.45) is 0 Å². The third-order valence-electron chi connectivity index (χ3n) is 6.57. The van der Waals surface area contributed by atoms with E-state index in [1.165, 1.54) is 0 Å². The van der Waals surface area contributed by atoms with E-state index in [9.17, 15) is 10.4 Å². The van der Waals surface area contributed by atoms with Crippen LogP contribution in [0.2, 0.25) is 0 Å². The summed E-state index contributed by atoms with van der Waals surface area (Å²) < 4.78 is 2.20. The zero-order valence-corrected chi connectivity index (χ0v) is 20.5. The molecule has 0 saturated carbocycles. The number of nitrogens with zero attached hydrogens (tertiary/aromatic N) is 3. The molecule has 1 heterocycles. The van der Waals surface area contributed by atoms with E-state index in [0.29, 0.717) is 5.57 Å². The molecule has 1 aromatic heterocycles. The van der Waals surface area contributed by atoms with Gasteiger partial charge < -0.3 is 5.11 Å². The average molecular weight is 490 g/mol. The number of imidazole rings is 1. The minimum Gasteiger partial charge on any atom is -0.508 e. The van der Waals surface area contributed by atoms with Gasteiger partial charge in [0.1, 0.15) is 11.6 Å². The number of phenolic OH excluding ortho intramolecular Hbond substituents is 1. The lowest BCUT2D eigenvalue weighted by Crippen LogP contribution is -1.97. The number of aromatic hydroxyl groups is 1. The molecule has 6 rings (SSSR count). The summed E-state index contributed by atoms with van der Waals surface area (Å²) in [6.07, 6.45) is 1.82. The molecule has 0 radical (unpaired) electrons. The van der Waals surface area contributed by atoms with Gasteiger partial charge in [0.2, 0.25) is 0 Å². The van der Waals surface area contributed by atoms with Crippen LogP contribution in [0.15, 0.2) is 127 Å². The molecule has 6 aromatic rings. The van der Waals surface area contributed by atoms with E-state index < -0.39 is 0 Å². The molecular formula is C34H23N3O. The molecule has 4 nitrogen and oxygen atoms in total. The summed E-state index contributed by atoms with van der Waals surface area (Å²) in [5.41, 5.74) is 8.57. The van der Waals surface area contributed by atoms with Crippen LogP contribution in [0, 0.1) is 11.3 Å². The van der Waals surface area contributed by atoms with E-state index in [4.69, 9.17) is 4.98 Å². The Bertz CT molecular complexity index is 1790.